The molecule has 0 unspecified atom stereocenters. The van der Waals surface area contributed by atoms with Crippen LogP contribution in [-0.2, 0) is 6.54 Å². The fraction of sp³-hybridized carbons (Fsp3) is 0.421. The Labute approximate surface area is 137 Å². The molecule has 1 aliphatic rings. The summed E-state index contributed by atoms with van der Waals surface area (Å²) in [5, 5.41) is 10.9. The van der Waals surface area contributed by atoms with Crippen LogP contribution < -0.4 is 4.74 Å². The Balaban J connectivity index is 1.59. The lowest BCUT2D eigenvalue weighted by Gasteiger charge is -2.39. The van der Waals surface area contributed by atoms with E-state index in [9.17, 15) is 5.11 Å². The van der Waals surface area contributed by atoms with Crippen LogP contribution >= 0.6 is 0 Å². The van der Waals surface area contributed by atoms with Gasteiger partial charge in [0.15, 0.2) is 0 Å². The quantitative estimate of drug-likeness (QED) is 0.922. The highest BCUT2D eigenvalue weighted by atomic mass is 16.5. The molecule has 0 spiro atoms. The molecule has 1 aromatic carbocycles. The number of para-hydroxylation sites is 1. The number of rotatable bonds is 5. The molecule has 0 bridgehead atoms. The lowest BCUT2D eigenvalue weighted by molar-refractivity contribution is -0.0622. The highest BCUT2D eigenvalue weighted by molar-refractivity contribution is 5.31. The van der Waals surface area contributed by atoms with Crippen molar-refractivity contribution in [2.24, 2.45) is 0 Å². The highest BCUT2D eigenvalue weighted by Crippen LogP contribution is 2.25. The number of hydrogen-bond donors (Lipinski definition) is 1. The van der Waals surface area contributed by atoms with Crippen molar-refractivity contribution >= 4 is 0 Å². The minimum absolute atomic E-state index is 0.335. The maximum atomic E-state index is 10.9. The van der Waals surface area contributed by atoms with Crippen LogP contribution in [0.15, 0.2) is 48.8 Å². The van der Waals surface area contributed by atoms with E-state index in [0.29, 0.717) is 13.2 Å². The van der Waals surface area contributed by atoms with Crippen molar-refractivity contribution in [2.45, 2.75) is 31.9 Å². The monoisotopic (exact) mass is 312 g/mol. The molecule has 0 amide bonds. The number of pyridine rings is 1. The standard InChI is InChI=1S/C19H24N2O2/c1-16-6-2-3-8-18(16)23-15-19(22)9-5-11-21(14-19)13-17-7-4-10-20-12-17/h2-4,6-8,10,12,22H,5,9,11,13-15H2,1H3/t19-/m1/s1. The molecule has 3 rings (SSSR count). The van der Waals surface area contributed by atoms with Crippen LogP contribution in [0.5, 0.6) is 5.75 Å². The number of aryl methyl sites for hydroxylation is 1. The number of nitrogens with zero attached hydrogens (tertiary/aromatic N) is 2. The Morgan fingerprint density at radius 2 is 2.13 bits per heavy atom. The molecule has 2 heterocycles. The molecule has 4 heteroatoms. The van der Waals surface area contributed by atoms with Gasteiger partial charge in [-0.25, -0.2) is 0 Å². The zero-order chi connectivity index (χ0) is 16.1. The predicted octanol–water partition coefficient (Wildman–Crippen LogP) is 2.80. The Morgan fingerprint density at radius 3 is 2.91 bits per heavy atom. The molecule has 0 radical (unpaired) electrons. The van der Waals surface area contributed by atoms with Crippen molar-refractivity contribution in [1.82, 2.24) is 9.88 Å². The average molecular weight is 312 g/mol. The molecule has 23 heavy (non-hydrogen) atoms. The van der Waals surface area contributed by atoms with Crippen LogP contribution in [0.1, 0.15) is 24.0 Å². The Hall–Kier alpha value is -1.91. The summed E-state index contributed by atoms with van der Waals surface area (Å²) in [5.74, 6) is 0.852. The fourth-order valence-electron chi connectivity index (χ4n) is 3.14. The van der Waals surface area contributed by atoms with Gasteiger partial charge < -0.3 is 9.84 Å². The average Bonchev–Trinajstić information content (AvgIpc) is 2.55. The second kappa shape index (κ2) is 7.11. The molecule has 1 atom stereocenters. The summed E-state index contributed by atoms with van der Waals surface area (Å²) in [7, 11) is 0. The largest absolute Gasteiger partial charge is 0.490 e. The summed E-state index contributed by atoms with van der Waals surface area (Å²) in [4.78, 5) is 6.44. The molecule has 1 saturated heterocycles. The van der Waals surface area contributed by atoms with Crippen molar-refractivity contribution in [1.29, 1.82) is 0 Å². The lowest BCUT2D eigenvalue weighted by Crippen LogP contribution is -2.51. The summed E-state index contributed by atoms with van der Waals surface area (Å²) < 4.78 is 5.89. The van der Waals surface area contributed by atoms with Gasteiger partial charge in [0, 0.05) is 25.5 Å². The maximum Gasteiger partial charge on any atom is 0.122 e. The van der Waals surface area contributed by atoms with Crippen LogP contribution in [0.4, 0.5) is 0 Å². The number of piperidine rings is 1. The normalized spacial score (nSPS) is 22.0. The van der Waals surface area contributed by atoms with Gasteiger partial charge in [-0.1, -0.05) is 24.3 Å². The molecule has 0 aliphatic carbocycles. The Bertz CT molecular complexity index is 632. The zero-order valence-corrected chi connectivity index (χ0v) is 13.6. The van der Waals surface area contributed by atoms with E-state index in [2.05, 4.69) is 16.0 Å². The van der Waals surface area contributed by atoms with Gasteiger partial charge in [-0.3, -0.25) is 9.88 Å². The molecular formula is C19H24N2O2. The van der Waals surface area contributed by atoms with E-state index in [4.69, 9.17) is 4.74 Å². The topological polar surface area (TPSA) is 45.6 Å². The van der Waals surface area contributed by atoms with E-state index >= 15 is 0 Å². The summed E-state index contributed by atoms with van der Waals surface area (Å²) >= 11 is 0. The molecule has 2 aromatic rings. The van der Waals surface area contributed by atoms with Crippen molar-refractivity contribution in [3.8, 4) is 5.75 Å². The second-order valence-electron chi connectivity index (χ2n) is 6.45. The second-order valence-corrected chi connectivity index (χ2v) is 6.45. The van der Waals surface area contributed by atoms with Gasteiger partial charge in [0.05, 0.1) is 0 Å². The summed E-state index contributed by atoms with van der Waals surface area (Å²) in [5.41, 5.74) is 1.48. The van der Waals surface area contributed by atoms with Crippen molar-refractivity contribution in [2.75, 3.05) is 19.7 Å². The summed E-state index contributed by atoms with van der Waals surface area (Å²) in [6.45, 7) is 4.81. The van der Waals surface area contributed by atoms with Gasteiger partial charge in [-0.15, -0.1) is 0 Å². The van der Waals surface area contributed by atoms with Gasteiger partial charge >= 0.3 is 0 Å². The number of ether oxygens (including phenoxy) is 1. The number of likely N-dealkylation sites (tertiary alicyclic amines) is 1. The molecule has 1 aliphatic heterocycles. The smallest absolute Gasteiger partial charge is 0.122 e. The van der Waals surface area contributed by atoms with Crippen molar-refractivity contribution < 1.29 is 9.84 Å². The summed E-state index contributed by atoms with van der Waals surface area (Å²) in [6.07, 6.45) is 5.43. The third kappa shape index (κ3) is 4.30. The summed E-state index contributed by atoms with van der Waals surface area (Å²) in [6, 6.07) is 12.0. The van der Waals surface area contributed by atoms with Gasteiger partial charge in [0.2, 0.25) is 0 Å². The van der Waals surface area contributed by atoms with E-state index in [1.54, 1.807) is 6.20 Å². The molecule has 1 fully saturated rings. The number of β-amino-alcohol motifs (C(OH)–C–C–N with tert-alkyl or cyclic N) is 1. The maximum absolute atomic E-state index is 10.9. The van der Waals surface area contributed by atoms with Crippen LogP contribution in [-0.4, -0.2) is 40.3 Å². The molecular weight excluding hydrogens is 288 g/mol. The lowest BCUT2D eigenvalue weighted by atomic mass is 9.93. The van der Waals surface area contributed by atoms with Gasteiger partial charge in [-0.2, -0.15) is 0 Å². The third-order valence-electron chi connectivity index (χ3n) is 4.35. The van der Waals surface area contributed by atoms with E-state index in [-0.39, 0.29) is 0 Å². The molecule has 0 saturated carbocycles. The molecule has 4 nitrogen and oxygen atoms in total. The van der Waals surface area contributed by atoms with E-state index in [0.717, 1.165) is 37.2 Å². The van der Waals surface area contributed by atoms with Crippen LogP contribution in [0, 0.1) is 6.92 Å². The SMILES string of the molecule is Cc1ccccc1OC[C@@]1(O)CCCN(Cc2cccnc2)C1. The zero-order valence-electron chi connectivity index (χ0n) is 13.6. The van der Waals surface area contributed by atoms with E-state index < -0.39 is 5.60 Å². The molecule has 122 valence electrons. The number of aliphatic hydroxyl groups is 1. The van der Waals surface area contributed by atoms with Crippen molar-refractivity contribution in [3.05, 3.63) is 59.9 Å². The first-order chi connectivity index (χ1) is 11.1. The molecule has 1 N–H and O–H groups in total. The minimum Gasteiger partial charge on any atom is -0.490 e. The van der Waals surface area contributed by atoms with Crippen LogP contribution in [0.3, 0.4) is 0 Å². The third-order valence-corrected chi connectivity index (χ3v) is 4.35. The first-order valence-corrected chi connectivity index (χ1v) is 8.17. The first kappa shape index (κ1) is 16.0. The minimum atomic E-state index is -0.789. The first-order valence-electron chi connectivity index (χ1n) is 8.17. The number of aromatic nitrogens is 1. The van der Waals surface area contributed by atoms with E-state index in [1.165, 1.54) is 5.56 Å². The Morgan fingerprint density at radius 1 is 1.26 bits per heavy atom. The fourth-order valence-corrected chi connectivity index (χ4v) is 3.14. The van der Waals surface area contributed by atoms with Crippen LogP contribution in [0.2, 0.25) is 0 Å². The number of benzene rings is 1. The predicted molar refractivity (Wildman–Crippen MR) is 90.4 cm³/mol. The highest BCUT2D eigenvalue weighted by Gasteiger charge is 2.34. The van der Waals surface area contributed by atoms with Gasteiger partial charge in [0.25, 0.3) is 0 Å². The van der Waals surface area contributed by atoms with Gasteiger partial charge in [-0.05, 0) is 49.6 Å². The van der Waals surface area contributed by atoms with Crippen LogP contribution in [0.25, 0.3) is 0 Å². The number of hydrogen-bond acceptors (Lipinski definition) is 4. The van der Waals surface area contributed by atoms with Crippen molar-refractivity contribution in [3.63, 3.8) is 0 Å². The Kier molecular flexibility index (Phi) is 4.94. The van der Waals surface area contributed by atoms with E-state index in [1.807, 2.05) is 43.5 Å². The molecule has 1 aromatic heterocycles. The van der Waals surface area contributed by atoms with Gasteiger partial charge in [0.1, 0.15) is 18.0 Å².